The number of nitrogens with zero attached hydrogens (tertiary/aromatic N) is 2. The first-order valence-electron chi connectivity index (χ1n) is 5.93. The molecule has 1 fully saturated rings. The van der Waals surface area contributed by atoms with Gasteiger partial charge in [-0.25, -0.2) is 14.6 Å². The number of thioether (sulfide) groups is 1. The number of aromatic carboxylic acids is 1. The Morgan fingerprint density at radius 2 is 2.32 bits per heavy atom. The van der Waals surface area contributed by atoms with E-state index in [9.17, 15) is 9.59 Å². The second-order valence-electron chi connectivity index (χ2n) is 4.29. The van der Waals surface area contributed by atoms with Gasteiger partial charge in [-0.1, -0.05) is 6.92 Å². The van der Waals surface area contributed by atoms with E-state index in [4.69, 9.17) is 5.11 Å². The van der Waals surface area contributed by atoms with Crippen LogP contribution >= 0.6 is 11.8 Å². The molecule has 1 aliphatic rings. The third-order valence-electron chi connectivity index (χ3n) is 2.76. The average Bonchev–Trinajstić information content (AvgIpc) is 2.39. The van der Waals surface area contributed by atoms with E-state index in [1.54, 1.807) is 4.90 Å². The average molecular weight is 281 g/mol. The molecule has 0 spiro atoms. The minimum Gasteiger partial charge on any atom is -0.477 e. The summed E-state index contributed by atoms with van der Waals surface area (Å²) in [6.45, 7) is 3.53. The quantitative estimate of drug-likeness (QED) is 0.863. The molecule has 0 saturated carbocycles. The van der Waals surface area contributed by atoms with E-state index in [0.29, 0.717) is 10.9 Å². The van der Waals surface area contributed by atoms with Gasteiger partial charge in [0.2, 0.25) is 0 Å². The van der Waals surface area contributed by atoms with Crippen LogP contribution in [0.25, 0.3) is 0 Å². The number of hydrogen-bond acceptors (Lipinski definition) is 4. The summed E-state index contributed by atoms with van der Waals surface area (Å²) >= 11 is 1.85. The van der Waals surface area contributed by atoms with Crippen molar-refractivity contribution in [3.8, 4) is 0 Å². The van der Waals surface area contributed by atoms with Crippen molar-refractivity contribution < 1.29 is 14.7 Å². The third-order valence-corrected chi connectivity index (χ3v) is 3.90. The fourth-order valence-electron chi connectivity index (χ4n) is 1.80. The van der Waals surface area contributed by atoms with Crippen molar-refractivity contribution in [3.05, 3.63) is 24.0 Å². The molecule has 2 rings (SSSR count). The third kappa shape index (κ3) is 3.60. The highest BCUT2D eigenvalue weighted by Gasteiger charge is 2.21. The normalized spacial score (nSPS) is 19.0. The van der Waals surface area contributed by atoms with Crippen molar-refractivity contribution in [2.45, 2.75) is 12.2 Å². The number of pyridine rings is 1. The molecule has 102 valence electrons. The number of carbonyl (C=O) groups is 2. The molecular formula is C12H15N3O3S. The van der Waals surface area contributed by atoms with Crippen LogP contribution in [0.3, 0.4) is 0 Å². The lowest BCUT2D eigenvalue weighted by Gasteiger charge is -2.30. The molecule has 0 aliphatic carbocycles. The lowest BCUT2D eigenvalue weighted by atomic mass is 10.3. The number of hydrogen-bond donors (Lipinski definition) is 2. The van der Waals surface area contributed by atoms with Gasteiger partial charge in [0.1, 0.15) is 5.69 Å². The lowest BCUT2D eigenvalue weighted by Crippen LogP contribution is -2.43. The first-order chi connectivity index (χ1) is 9.06. The molecule has 0 bridgehead atoms. The Bertz CT molecular complexity index is 478. The van der Waals surface area contributed by atoms with Crippen LogP contribution < -0.4 is 5.32 Å². The zero-order valence-electron chi connectivity index (χ0n) is 10.5. The summed E-state index contributed by atoms with van der Waals surface area (Å²) < 4.78 is 0. The molecule has 2 N–H and O–H groups in total. The minimum atomic E-state index is -1.08. The molecule has 6 nitrogen and oxygen atoms in total. The number of carbonyl (C=O) groups excluding carboxylic acids is 1. The molecule has 1 saturated heterocycles. The minimum absolute atomic E-state index is 0.0407. The molecule has 0 radical (unpaired) electrons. The summed E-state index contributed by atoms with van der Waals surface area (Å²) in [6.07, 6.45) is 1.35. The molecule has 2 heterocycles. The zero-order valence-corrected chi connectivity index (χ0v) is 11.3. The second kappa shape index (κ2) is 5.92. The topological polar surface area (TPSA) is 82.5 Å². The monoisotopic (exact) mass is 281 g/mol. The van der Waals surface area contributed by atoms with Crippen LogP contribution in [0.2, 0.25) is 0 Å². The van der Waals surface area contributed by atoms with Gasteiger partial charge in [-0.2, -0.15) is 11.8 Å². The maximum absolute atomic E-state index is 12.0. The van der Waals surface area contributed by atoms with Crippen LogP contribution in [0.1, 0.15) is 17.4 Å². The smallest absolute Gasteiger partial charge is 0.354 e. The molecular weight excluding hydrogens is 266 g/mol. The van der Waals surface area contributed by atoms with Gasteiger partial charge in [0, 0.05) is 24.1 Å². The van der Waals surface area contributed by atoms with Gasteiger partial charge in [0.25, 0.3) is 0 Å². The molecule has 1 aliphatic heterocycles. The second-order valence-corrected chi connectivity index (χ2v) is 5.84. The van der Waals surface area contributed by atoms with Gasteiger partial charge >= 0.3 is 12.0 Å². The fraction of sp³-hybridized carbons (Fsp3) is 0.417. The summed E-state index contributed by atoms with van der Waals surface area (Å²) in [5, 5.41) is 11.9. The Labute approximate surface area is 115 Å². The first-order valence-corrected chi connectivity index (χ1v) is 6.98. The largest absolute Gasteiger partial charge is 0.477 e. The van der Waals surface area contributed by atoms with E-state index in [1.165, 1.54) is 18.3 Å². The van der Waals surface area contributed by atoms with Crippen LogP contribution in [-0.2, 0) is 0 Å². The van der Waals surface area contributed by atoms with E-state index in [1.807, 2.05) is 11.8 Å². The predicted molar refractivity (Wildman–Crippen MR) is 73.7 cm³/mol. The number of aromatic nitrogens is 1. The molecule has 0 aromatic carbocycles. The number of anilines is 1. The van der Waals surface area contributed by atoms with Crippen LogP contribution in [0, 0.1) is 0 Å². The van der Waals surface area contributed by atoms with E-state index in [2.05, 4.69) is 17.2 Å². The van der Waals surface area contributed by atoms with Gasteiger partial charge in [-0.3, -0.25) is 0 Å². The van der Waals surface area contributed by atoms with Crippen LogP contribution in [-0.4, -0.2) is 51.1 Å². The van der Waals surface area contributed by atoms with Gasteiger partial charge in [-0.05, 0) is 12.1 Å². The molecule has 1 aromatic heterocycles. The van der Waals surface area contributed by atoms with Crippen molar-refractivity contribution in [1.29, 1.82) is 0 Å². The summed E-state index contributed by atoms with van der Waals surface area (Å²) in [7, 11) is 0. The highest BCUT2D eigenvalue weighted by molar-refractivity contribution is 7.99. The molecule has 1 atom stereocenters. The number of carboxylic acids is 1. The Hall–Kier alpha value is -1.76. The van der Waals surface area contributed by atoms with Gasteiger partial charge in [0.05, 0.1) is 11.9 Å². The zero-order chi connectivity index (χ0) is 13.8. The Balaban J connectivity index is 1.96. The van der Waals surface area contributed by atoms with Crippen molar-refractivity contribution in [2.75, 3.05) is 24.2 Å². The summed E-state index contributed by atoms with van der Waals surface area (Å²) in [4.78, 5) is 28.2. The molecule has 2 amide bonds. The fourth-order valence-corrected chi connectivity index (χ4v) is 2.81. The molecule has 1 unspecified atom stereocenters. The molecule has 1 aromatic rings. The number of rotatable bonds is 2. The van der Waals surface area contributed by atoms with Crippen molar-refractivity contribution in [2.24, 2.45) is 0 Å². The summed E-state index contributed by atoms with van der Waals surface area (Å²) in [5.41, 5.74) is 0.460. The van der Waals surface area contributed by atoms with E-state index < -0.39 is 5.97 Å². The standard InChI is InChI=1S/C12H15N3O3S/c1-8-7-15(4-5-19-8)12(18)14-9-2-3-10(11(16)17)13-6-9/h2-3,6,8H,4-5,7H2,1H3,(H,14,18)(H,16,17). The molecule has 19 heavy (non-hydrogen) atoms. The maximum Gasteiger partial charge on any atom is 0.354 e. The number of amides is 2. The number of urea groups is 1. The van der Waals surface area contributed by atoms with Crippen molar-refractivity contribution >= 4 is 29.4 Å². The van der Waals surface area contributed by atoms with Crippen LogP contribution in [0.15, 0.2) is 18.3 Å². The van der Waals surface area contributed by atoms with Crippen LogP contribution in [0.5, 0.6) is 0 Å². The van der Waals surface area contributed by atoms with Crippen LogP contribution in [0.4, 0.5) is 10.5 Å². The van der Waals surface area contributed by atoms with Gasteiger partial charge in [-0.15, -0.1) is 0 Å². The summed E-state index contributed by atoms with van der Waals surface area (Å²) in [5.74, 6) is -0.148. The SMILES string of the molecule is CC1CN(C(=O)Nc2ccc(C(=O)O)nc2)CCS1. The van der Waals surface area contributed by atoms with Gasteiger partial charge in [0.15, 0.2) is 0 Å². The number of nitrogens with one attached hydrogen (secondary N) is 1. The Morgan fingerprint density at radius 1 is 1.53 bits per heavy atom. The predicted octanol–water partition coefficient (Wildman–Crippen LogP) is 1.75. The van der Waals surface area contributed by atoms with Crippen molar-refractivity contribution in [1.82, 2.24) is 9.88 Å². The lowest BCUT2D eigenvalue weighted by molar-refractivity contribution is 0.0690. The van der Waals surface area contributed by atoms with E-state index in [0.717, 1.165) is 18.8 Å². The summed E-state index contributed by atoms with van der Waals surface area (Å²) in [6, 6.07) is 2.74. The number of carboxylic acid groups (broad SMARTS) is 1. The highest BCUT2D eigenvalue weighted by Crippen LogP contribution is 2.18. The van der Waals surface area contributed by atoms with Gasteiger partial charge < -0.3 is 15.3 Å². The van der Waals surface area contributed by atoms with Crippen molar-refractivity contribution in [3.63, 3.8) is 0 Å². The van der Waals surface area contributed by atoms with E-state index in [-0.39, 0.29) is 11.7 Å². The molecule has 7 heteroatoms. The van der Waals surface area contributed by atoms with E-state index >= 15 is 0 Å². The highest BCUT2D eigenvalue weighted by atomic mass is 32.2. The first kappa shape index (κ1) is 13.7. The Kier molecular flexibility index (Phi) is 4.26. The maximum atomic E-state index is 12.0. The Morgan fingerprint density at radius 3 is 2.89 bits per heavy atom.